The first kappa shape index (κ1) is 24.1. The summed E-state index contributed by atoms with van der Waals surface area (Å²) < 4.78 is 5.40. The van der Waals surface area contributed by atoms with Gasteiger partial charge in [0, 0.05) is 29.9 Å². The minimum absolute atomic E-state index is 0.168. The first-order valence-electron chi connectivity index (χ1n) is 11.9. The predicted molar refractivity (Wildman–Crippen MR) is 131 cm³/mol. The summed E-state index contributed by atoms with van der Waals surface area (Å²) in [5, 5.41) is 15.9. The van der Waals surface area contributed by atoms with Crippen molar-refractivity contribution in [2.45, 2.75) is 83.4 Å². The maximum atomic E-state index is 12.1. The van der Waals surface area contributed by atoms with Crippen LogP contribution in [0, 0.1) is 0 Å². The zero-order chi connectivity index (χ0) is 23.0. The maximum absolute atomic E-state index is 12.1. The molecule has 0 aromatic heterocycles. The highest BCUT2D eigenvalue weighted by Gasteiger charge is 2.25. The van der Waals surface area contributed by atoms with Crippen molar-refractivity contribution in [3.05, 3.63) is 54.1 Å². The molecule has 1 amide bonds. The lowest BCUT2D eigenvalue weighted by Gasteiger charge is -2.31. The molecule has 0 heterocycles. The average molecular weight is 439 g/mol. The van der Waals surface area contributed by atoms with Crippen LogP contribution in [0.25, 0.3) is 11.1 Å². The highest BCUT2D eigenvalue weighted by molar-refractivity contribution is 5.78. The Kier molecular flexibility index (Phi) is 8.57. The Morgan fingerprint density at radius 2 is 1.69 bits per heavy atom. The molecule has 0 spiro atoms. The molecule has 0 radical (unpaired) electrons. The molecule has 5 nitrogen and oxygen atoms in total. The number of amides is 1. The predicted octanol–water partition coefficient (Wildman–Crippen LogP) is 5.92. The van der Waals surface area contributed by atoms with Gasteiger partial charge in [0.25, 0.3) is 0 Å². The Bertz CT molecular complexity index is 853. The molecule has 5 heteroatoms. The van der Waals surface area contributed by atoms with Crippen molar-refractivity contribution in [3.8, 4) is 11.1 Å². The van der Waals surface area contributed by atoms with Crippen LogP contribution >= 0.6 is 0 Å². The Balaban J connectivity index is 1.64. The highest BCUT2D eigenvalue weighted by atomic mass is 16.6. The summed E-state index contributed by atoms with van der Waals surface area (Å²) in [4.78, 5) is 12.1. The molecule has 1 fully saturated rings. The molecule has 0 saturated heterocycles. The van der Waals surface area contributed by atoms with Crippen LogP contribution in [0.3, 0.4) is 0 Å². The molecule has 3 N–H and O–H groups in total. The van der Waals surface area contributed by atoms with E-state index in [4.69, 9.17) is 9.84 Å². The van der Waals surface area contributed by atoms with Crippen LogP contribution in [0.2, 0.25) is 0 Å². The smallest absolute Gasteiger partial charge is 0.407 e. The number of carbonyl (C=O) groups is 1. The summed E-state index contributed by atoms with van der Waals surface area (Å²) in [7, 11) is 0. The summed E-state index contributed by atoms with van der Waals surface area (Å²) in [5.74, 6) is 0. The number of aryl methyl sites for hydroxylation is 1. The number of hydrogen-bond acceptors (Lipinski definition) is 4. The monoisotopic (exact) mass is 438 g/mol. The van der Waals surface area contributed by atoms with E-state index in [1.807, 2.05) is 26.8 Å². The van der Waals surface area contributed by atoms with Crippen LogP contribution in [-0.4, -0.2) is 35.5 Å². The summed E-state index contributed by atoms with van der Waals surface area (Å²) in [5.41, 5.74) is 4.41. The number of ether oxygens (including phenoxy) is 1. The van der Waals surface area contributed by atoms with Crippen LogP contribution in [0.4, 0.5) is 10.5 Å². The van der Waals surface area contributed by atoms with Crippen molar-refractivity contribution in [2.24, 2.45) is 0 Å². The van der Waals surface area contributed by atoms with Gasteiger partial charge in [-0.05, 0) is 82.9 Å². The number of rotatable bonds is 8. The number of nitrogens with one attached hydrogen (secondary N) is 2. The Morgan fingerprint density at radius 1 is 1.00 bits per heavy atom. The second-order valence-corrected chi connectivity index (χ2v) is 9.77. The van der Waals surface area contributed by atoms with E-state index >= 15 is 0 Å². The molecule has 174 valence electrons. The van der Waals surface area contributed by atoms with Gasteiger partial charge in [0.05, 0.1) is 0 Å². The van der Waals surface area contributed by atoms with Gasteiger partial charge in [-0.25, -0.2) is 4.79 Å². The largest absolute Gasteiger partial charge is 0.444 e. The van der Waals surface area contributed by atoms with Crippen molar-refractivity contribution < 1.29 is 14.6 Å². The lowest BCUT2D eigenvalue weighted by atomic mass is 9.90. The van der Waals surface area contributed by atoms with Gasteiger partial charge in [-0.1, -0.05) is 42.5 Å². The first-order valence-corrected chi connectivity index (χ1v) is 11.9. The lowest BCUT2D eigenvalue weighted by molar-refractivity contribution is 0.0492. The van der Waals surface area contributed by atoms with Gasteiger partial charge in [0.2, 0.25) is 0 Å². The molecule has 0 bridgehead atoms. The summed E-state index contributed by atoms with van der Waals surface area (Å²) >= 11 is 0. The van der Waals surface area contributed by atoms with E-state index in [0.29, 0.717) is 6.04 Å². The molecule has 2 aromatic carbocycles. The molecule has 2 aromatic rings. The SMILES string of the molecule is CC(C)(C)OC(=O)NC1CCC(Nc2cc(CCCCO)ccc2-c2ccccc2)CC1. The van der Waals surface area contributed by atoms with Crippen LogP contribution in [-0.2, 0) is 11.2 Å². The minimum Gasteiger partial charge on any atom is -0.444 e. The van der Waals surface area contributed by atoms with Gasteiger partial charge in [-0.3, -0.25) is 0 Å². The van der Waals surface area contributed by atoms with Gasteiger partial charge in [0.1, 0.15) is 5.60 Å². The molecular weight excluding hydrogens is 400 g/mol. The van der Waals surface area contributed by atoms with Gasteiger partial charge in [0.15, 0.2) is 0 Å². The highest BCUT2D eigenvalue weighted by Crippen LogP contribution is 2.32. The van der Waals surface area contributed by atoms with Gasteiger partial charge >= 0.3 is 6.09 Å². The second-order valence-electron chi connectivity index (χ2n) is 9.77. The van der Waals surface area contributed by atoms with Crippen molar-refractivity contribution in [3.63, 3.8) is 0 Å². The number of unbranched alkanes of at least 4 members (excludes halogenated alkanes) is 1. The number of hydrogen-bond donors (Lipinski definition) is 3. The molecule has 1 aliphatic carbocycles. The lowest BCUT2D eigenvalue weighted by Crippen LogP contribution is -2.42. The van der Waals surface area contributed by atoms with E-state index in [1.165, 1.54) is 22.4 Å². The molecule has 32 heavy (non-hydrogen) atoms. The van der Waals surface area contributed by atoms with Gasteiger partial charge in [-0.2, -0.15) is 0 Å². The van der Waals surface area contributed by atoms with Crippen LogP contribution < -0.4 is 10.6 Å². The van der Waals surface area contributed by atoms with E-state index < -0.39 is 5.60 Å². The van der Waals surface area contributed by atoms with E-state index in [9.17, 15) is 4.79 Å². The topological polar surface area (TPSA) is 70.6 Å². The van der Waals surface area contributed by atoms with E-state index in [2.05, 4.69) is 53.1 Å². The number of aliphatic hydroxyl groups is 1. The van der Waals surface area contributed by atoms with E-state index in [1.54, 1.807) is 0 Å². The summed E-state index contributed by atoms with van der Waals surface area (Å²) in [6.45, 7) is 5.90. The van der Waals surface area contributed by atoms with Crippen LogP contribution in [0.15, 0.2) is 48.5 Å². The van der Waals surface area contributed by atoms with Crippen LogP contribution in [0.5, 0.6) is 0 Å². The minimum atomic E-state index is -0.473. The van der Waals surface area contributed by atoms with Crippen molar-refractivity contribution in [2.75, 3.05) is 11.9 Å². The summed E-state index contributed by atoms with van der Waals surface area (Å²) in [6, 6.07) is 17.7. The van der Waals surface area contributed by atoms with Crippen molar-refractivity contribution >= 4 is 11.8 Å². The van der Waals surface area contributed by atoms with Gasteiger partial charge < -0.3 is 20.5 Å². The standard InChI is InChI=1S/C27H38N2O3/c1-27(2,3)32-26(31)29-23-15-13-22(14-16-23)28-25-19-20(9-7-8-18-30)12-17-24(25)21-10-5-4-6-11-21/h4-6,10-12,17,19,22-23,28,30H,7-9,13-16,18H2,1-3H3,(H,29,31). The molecule has 0 atom stereocenters. The Labute approximate surface area is 192 Å². The zero-order valence-electron chi connectivity index (χ0n) is 19.7. The maximum Gasteiger partial charge on any atom is 0.407 e. The summed E-state index contributed by atoms with van der Waals surface area (Å²) in [6.07, 6.45) is 6.35. The second kappa shape index (κ2) is 11.4. The molecule has 0 unspecified atom stereocenters. The number of aliphatic hydroxyl groups excluding tert-OH is 1. The van der Waals surface area contributed by atoms with Crippen molar-refractivity contribution in [1.82, 2.24) is 5.32 Å². The fraction of sp³-hybridized carbons (Fsp3) is 0.519. The number of anilines is 1. The quantitative estimate of drug-likeness (QED) is 0.448. The fourth-order valence-corrected chi connectivity index (χ4v) is 4.25. The molecule has 0 aliphatic heterocycles. The van der Waals surface area contributed by atoms with Crippen LogP contribution in [0.1, 0.15) is 64.9 Å². The van der Waals surface area contributed by atoms with Gasteiger partial charge in [-0.15, -0.1) is 0 Å². The Morgan fingerprint density at radius 3 is 2.34 bits per heavy atom. The normalized spacial score (nSPS) is 18.8. The third-order valence-electron chi connectivity index (χ3n) is 5.85. The number of carbonyl (C=O) groups excluding carboxylic acids is 1. The first-order chi connectivity index (χ1) is 15.3. The zero-order valence-corrected chi connectivity index (χ0v) is 19.7. The number of alkyl carbamates (subject to hydrolysis) is 1. The van der Waals surface area contributed by atoms with E-state index in [-0.39, 0.29) is 18.7 Å². The molecule has 1 saturated carbocycles. The third kappa shape index (κ3) is 7.56. The molecule has 3 rings (SSSR count). The number of benzene rings is 2. The van der Waals surface area contributed by atoms with Crippen molar-refractivity contribution in [1.29, 1.82) is 0 Å². The molecule has 1 aliphatic rings. The molecular formula is C27H38N2O3. The Hall–Kier alpha value is -2.53. The third-order valence-corrected chi connectivity index (χ3v) is 5.85. The van der Waals surface area contributed by atoms with E-state index in [0.717, 1.165) is 44.9 Å². The average Bonchev–Trinajstić information content (AvgIpc) is 2.75. The fourth-order valence-electron chi connectivity index (χ4n) is 4.25.